The maximum absolute atomic E-state index is 13.7. The Kier molecular flexibility index (Phi) is 1.71. The minimum Gasteiger partial charge on any atom is -0.340 e. The summed E-state index contributed by atoms with van der Waals surface area (Å²) in [7, 11) is 0. The van der Waals surface area contributed by atoms with Crippen molar-refractivity contribution in [2.75, 3.05) is 0 Å². The molecule has 2 nitrogen and oxygen atoms in total. The second kappa shape index (κ2) is 3.05. The van der Waals surface area contributed by atoms with Gasteiger partial charge in [0.1, 0.15) is 0 Å². The maximum Gasteiger partial charge on any atom is 0.237 e. The van der Waals surface area contributed by atoms with Crippen molar-refractivity contribution in [3.63, 3.8) is 0 Å². The summed E-state index contributed by atoms with van der Waals surface area (Å²) in [5.74, 6) is -0.412. The Morgan fingerprint density at radius 3 is 2.93 bits per heavy atom. The zero-order valence-corrected chi connectivity index (χ0v) is 8.02. The van der Waals surface area contributed by atoms with Crippen LogP contribution in [0.2, 0.25) is 0 Å². The molecule has 1 aromatic heterocycles. The largest absolute Gasteiger partial charge is 0.340 e. The summed E-state index contributed by atoms with van der Waals surface area (Å²) < 4.78 is 15.5. The molecule has 1 aliphatic heterocycles. The molecule has 3 heteroatoms. The lowest BCUT2D eigenvalue weighted by Gasteiger charge is -2.04. The van der Waals surface area contributed by atoms with Gasteiger partial charge in [0.05, 0.1) is 11.4 Å². The number of aromatic nitrogens is 1. The van der Waals surface area contributed by atoms with E-state index in [0.717, 1.165) is 11.3 Å². The highest BCUT2D eigenvalue weighted by atomic mass is 19.1. The summed E-state index contributed by atoms with van der Waals surface area (Å²) in [6.07, 6.45) is 1.87. The van der Waals surface area contributed by atoms with Crippen molar-refractivity contribution in [2.45, 2.75) is 6.54 Å². The Balaban J connectivity index is 2.25. The molecule has 0 amide bonds. The highest BCUT2D eigenvalue weighted by Crippen LogP contribution is 2.25. The van der Waals surface area contributed by atoms with Gasteiger partial charge >= 0.3 is 0 Å². The fraction of sp³-hybridized carbons (Fsp3) is 0.0833. The monoisotopic (exact) mass is 200 g/mol. The van der Waals surface area contributed by atoms with E-state index < -0.39 is 5.97 Å². The normalized spacial score (nSPS) is 13.8. The van der Waals surface area contributed by atoms with E-state index in [1.807, 2.05) is 41.1 Å². The van der Waals surface area contributed by atoms with Gasteiger partial charge in [-0.25, -0.2) is 4.99 Å². The van der Waals surface area contributed by atoms with Crippen molar-refractivity contribution in [1.82, 2.24) is 4.57 Å². The SMILES string of the molecule is FC1=Nc2ccccc2Cn2cccc21. The minimum atomic E-state index is -0.412. The number of benzene rings is 1. The van der Waals surface area contributed by atoms with Crippen LogP contribution in [0.5, 0.6) is 0 Å². The van der Waals surface area contributed by atoms with Crippen molar-refractivity contribution in [1.29, 1.82) is 0 Å². The van der Waals surface area contributed by atoms with Crippen LogP contribution in [0.25, 0.3) is 0 Å². The topological polar surface area (TPSA) is 17.3 Å². The molecule has 2 aromatic rings. The number of rotatable bonds is 0. The molecule has 3 rings (SSSR count). The quantitative estimate of drug-likeness (QED) is 0.622. The highest BCUT2D eigenvalue weighted by Gasteiger charge is 2.14. The number of aliphatic imine (C=N–C) groups is 1. The van der Waals surface area contributed by atoms with Gasteiger partial charge in [0, 0.05) is 12.7 Å². The van der Waals surface area contributed by atoms with Crippen molar-refractivity contribution >= 4 is 11.7 Å². The zero-order valence-electron chi connectivity index (χ0n) is 8.02. The molecule has 0 saturated carbocycles. The van der Waals surface area contributed by atoms with E-state index in [4.69, 9.17) is 0 Å². The number of hydrogen-bond acceptors (Lipinski definition) is 1. The fourth-order valence-electron chi connectivity index (χ4n) is 1.84. The zero-order chi connectivity index (χ0) is 10.3. The lowest BCUT2D eigenvalue weighted by atomic mass is 10.2. The summed E-state index contributed by atoms with van der Waals surface area (Å²) in [5, 5.41) is 0. The van der Waals surface area contributed by atoms with Gasteiger partial charge in [0.2, 0.25) is 5.97 Å². The van der Waals surface area contributed by atoms with Gasteiger partial charge in [0.15, 0.2) is 0 Å². The predicted molar refractivity (Wildman–Crippen MR) is 57.3 cm³/mol. The molecule has 2 heterocycles. The predicted octanol–water partition coefficient (Wildman–Crippen LogP) is 2.90. The first kappa shape index (κ1) is 8.41. The van der Waals surface area contributed by atoms with Crippen molar-refractivity contribution in [3.05, 3.63) is 53.9 Å². The van der Waals surface area contributed by atoms with E-state index in [1.165, 1.54) is 0 Å². The van der Waals surface area contributed by atoms with Gasteiger partial charge < -0.3 is 4.57 Å². The van der Waals surface area contributed by atoms with E-state index >= 15 is 0 Å². The summed E-state index contributed by atoms with van der Waals surface area (Å²) in [4.78, 5) is 3.98. The number of fused-ring (bicyclic) bond motifs is 2. The lowest BCUT2D eigenvalue weighted by Crippen LogP contribution is -2.03. The molecule has 0 unspecified atom stereocenters. The maximum atomic E-state index is 13.7. The lowest BCUT2D eigenvalue weighted by molar-refractivity contribution is 0.759. The van der Waals surface area contributed by atoms with E-state index in [-0.39, 0.29) is 0 Å². The summed E-state index contributed by atoms with van der Waals surface area (Å²) in [6, 6.07) is 11.2. The van der Waals surface area contributed by atoms with Crippen molar-refractivity contribution < 1.29 is 4.39 Å². The number of para-hydroxylation sites is 1. The Morgan fingerprint density at radius 2 is 2.00 bits per heavy atom. The minimum absolute atomic E-state index is 0.412. The number of hydrogen-bond donors (Lipinski definition) is 0. The first-order valence-electron chi connectivity index (χ1n) is 4.82. The Hall–Kier alpha value is -1.90. The first-order valence-corrected chi connectivity index (χ1v) is 4.82. The Bertz CT molecular complexity index is 540. The number of halogens is 1. The smallest absolute Gasteiger partial charge is 0.237 e. The summed E-state index contributed by atoms with van der Waals surface area (Å²) in [6.45, 7) is 0.676. The van der Waals surface area contributed by atoms with Gasteiger partial charge in [-0.15, -0.1) is 0 Å². The van der Waals surface area contributed by atoms with E-state index in [2.05, 4.69) is 4.99 Å². The van der Waals surface area contributed by atoms with Crippen LogP contribution in [-0.2, 0) is 6.54 Å². The molecule has 74 valence electrons. The second-order valence-corrected chi connectivity index (χ2v) is 3.55. The van der Waals surface area contributed by atoms with Crippen molar-refractivity contribution in [2.24, 2.45) is 4.99 Å². The molecule has 0 radical (unpaired) electrons. The van der Waals surface area contributed by atoms with E-state index in [9.17, 15) is 4.39 Å². The van der Waals surface area contributed by atoms with Crippen LogP contribution in [0.3, 0.4) is 0 Å². The molecule has 15 heavy (non-hydrogen) atoms. The molecular weight excluding hydrogens is 191 g/mol. The molecule has 0 bridgehead atoms. The third kappa shape index (κ3) is 1.28. The molecule has 1 aliphatic rings. The van der Waals surface area contributed by atoms with Crippen LogP contribution >= 0.6 is 0 Å². The molecule has 0 saturated heterocycles. The van der Waals surface area contributed by atoms with Crippen LogP contribution in [0.15, 0.2) is 47.6 Å². The average Bonchev–Trinajstić information content (AvgIpc) is 2.64. The third-order valence-corrected chi connectivity index (χ3v) is 2.59. The molecule has 0 atom stereocenters. The molecule has 0 aliphatic carbocycles. The fourth-order valence-corrected chi connectivity index (χ4v) is 1.84. The molecule has 0 fully saturated rings. The van der Waals surface area contributed by atoms with Gasteiger partial charge in [-0.1, -0.05) is 18.2 Å². The average molecular weight is 200 g/mol. The molecule has 1 aromatic carbocycles. The van der Waals surface area contributed by atoms with Crippen LogP contribution in [0.4, 0.5) is 10.1 Å². The van der Waals surface area contributed by atoms with Gasteiger partial charge in [-0.3, -0.25) is 0 Å². The van der Waals surface area contributed by atoms with Crippen LogP contribution in [0.1, 0.15) is 11.3 Å². The van der Waals surface area contributed by atoms with Crippen LogP contribution in [0, 0.1) is 0 Å². The van der Waals surface area contributed by atoms with Gasteiger partial charge in [-0.05, 0) is 23.8 Å². The van der Waals surface area contributed by atoms with Gasteiger partial charge in [-0.2, -0.15) is 4.39 Å². The molecule has 0 N–H and O–H groups in total. The Labute approximate surface area is 86.7 Å². The van der Waals surface area contributed by atoms with Crippen molar-refractivity contribution in [3.8, 4) is 0 Å². The van der Waals surface area contributed by atoms with E-state index in [1.54, 1.807) is 6.07 Å². The molecule has 0 spiro atoms. The van der Waals surface area contributed by atoms with E-state index in [0.29, 0.717) is 12.2 Å². The second-order valence-electron chi connectivity index (χ2n) is 3.55. The van der Waals surface area contributed by atoms with Crippen LogP contribution < -0.4 is 0 Å². The summed E-state index contributed by atoms with van der Waals surface area (Å²) >= 11 is 0. The highest BCUT2D eigenvalue weighted by molar-refractivity contribution is 5.94. The standard InChI is InChI=1S/C12H9FN2/c13-12-11-6-3-7-15(11)8-9-4-1-2-5-10(9)14-12/h1-7H,8H2. The molecular formula is C12H9FN2. The third-order valence-electron chi connectivity index (χ3n) is 2.59. The Morgan fingerprint density at radius 1 is 1.13 bits per heavy atom. The van der Waals surface area contributed by atoms with Crippen LogP contribution in [-0.4, -0.2) is 10.5 Å². The first-order chi connectivity index (χ1) is 7.34. The van der Waals surface area contributed by atoms with Gasteiger partial charge in [0.25, 0.3) is 0 Å². The summed E-state index contributed by atoms with van der Waals surface area (Å²) in [5.41, 5.74) is 2.31. The number of nitrogens with zero attached hydrogens (tertiary/aromatic N) is 2.